The summed E-state index contributed by atoms with van der Waals surface area (Å²) in [6.45, 7) is 5.71. The van der Waals surface area contributed by atoms with Gasteiger partial charge in [0.1, 0.15) is 0 Å². The van der Waals surface area contributed by atoms with E-state index in [4.69, 9.17) is 10.00 Å². The lowest BCUT2D eigenvalue weighted by molar-refractivity contribution is -0.121. The molecule has 0 N–H and O–H groups in total. The van der Waals surface area contributed by atoms with Crippen LogP contribution >= 0.6 is 0 Å². The molecule has 0 aliphatic rings. The molecular weight excluding hydrogens is 328 g/mol. The lowest BCUT2D eigenvalue weighted by Gasteiger charge is -2.22. The summed E-state index contributed by atoms with van der Waals surface area (Å²) in [5.74, 6) is -0.896. The molecule has 0 atom stereocenters. The van der Waals surface area contributed by atoms with Crippen LogP contribution in [0.4, 0.5) is 5.69 Å². The van der Waals surface area contributed by atoms with Crippen molar-refractivity contribution in [2.75, 3.05) is 18.1 Å². The van der Waals surface area contributed by atoms with Gasteiger partial charge >= 0.3 is 5.97 Å². The van der Waals surface area contributed by atoms with Crippen molar-refractivity contribution in [2.45, 2.75) is 27.2 Å². The fraction of sp³-hybridized carbons (Fsp3) is 0.286. The Labute approximate surface area is 153 Å². The number of nitrogens with zero attached hydrogens (tertiary/aromatic N) is 2. The third-order valence-electron chi connectivity index (χ3n) is 4.16. The molecule has 0 bridgehead atoms. The van der Waals surface area contributed by atoms with Crippen molar-refractivity contribution in [1.29, 1.82) is 5.26 Å². The molecule has 0 unspecified atom stereocenters. The average Bonchev–Trinajstić information content (AvgIpc) is 2.63. The van der Waals surface area contributed by atoms with E-state index in [1.807, 2.05) is 57.2 Å². The summed E-state index contributed by atoms with van der Waals surface area (Å²) in [6.07, 6.45) is 0.199. The topological polar surface area (TPSA) is 70.4 Å². The number of anilines is 1. The van der Waals surface area contributed by atoms with Gasteiger partial charge in [0.15, 0.2) is 6.61 Å². The van der Waals surface area contributed by atoms with Gasteiger partial charge in [0.2, 0.25) is 0 Å². The minimum absolute atomic E-state index is 0.199. The first-order chi connectivity index (χ1) is 12.4. The molecule has 0 aliphatic heterocycles. The van der Waals surface area contributed by atoms with Gasteiger partial charge < -0.3 is 9.64 Å². The quantitative estimate of drug-likeness (QED) is 0.745. The predicted molar refractivity (Wildman–Crippen MR) is 100.0 cm³/mol. The third-order valence-corrected chi connectivity index (χ3v) is 4.16. The van der Waals surface area contributed by atoms with Gasteiger partial charge in [-0.1, -0.05) is 23.8 Å². The van der Waals surface area contributed by atoms with Crippen molar-refractivity contribution in [3.05, 3.63) is 64.7 Å². The van der Waals surface area contributed by atoms with E-state index in [0.717, 1.165) is 16.7 Å². The SMILES string of the molecule is Cc1ccc(N(CCC#N)C(=O)COC(=O)c2ccc(C)c(C)c2)cc1. The number of rotatable bonds is 6. The van der Waals surface area contributed by atoms with Crippen molar-refractivity contribution in [2.24, 2.45) is 0 Å². The molecule has 0 saturated carbocycles. The number of carbonyl (C=O) groups is 2. The van der Waals surface area contributed by atoms with Crippen LogP contribution in [0.1, 0.15) is 33.5 Å². The third kappa shape index (κ3) is 4.93. The predicted octanol–water partition coefficient (Wildman–Crippen LogP) is 3.72. The van der Waals surface area contributed by atoms with Crippen LogP contribution in [-0.2, 0) is 9.53 Å². The van der Waals surface area contributed by atoms with Crippen LogP contribution in [0.5, 0.6) is 0 Å². The van der Waals surface area contributed by atoms with E-state index >= 15 is 0 Å². The van der Waals surface area contributed by atoms with Crippen molar-refractivity contribution in [1.82, 2.24) is 0 Å². The summed E-state index contributed by atoms with van der Waals surface area (Å²) in [6, 6.07) is 14.7. The maximum absolute atomic E-state index is 12.5. The lowest BCUT2D eigenvalue weighted by atomic mass is 10.1. The minimum Gasteiger partial charge on any atom is -0.452 e. The molecule has 0 fully saturated rings. The Bertz CT molecular complexity index is 835. The van der Waals surface area contributed by atoms with E-state index in [2.05, 4.69) is 0 Å². The van der Waals surface area contributed by atoms with Crippen LogP contribution in [0.3, 0.4) is 0 Å². The van der Waals surface area contributed by atoms with Crippen LogP contribution in [0.15, 0.2) is 42.5 Å². The van der Waals surface area contributed by atoms with Gasteiger partial charge in [0.05, 0.1) is 18.1 Å². The number of amides is 1. The van der Waals surface area contributed by atoms with Crippen molar-refractivity contribution < 1.29 is 14.3 Å². The Hall–Kier alpha value is -3.13. The first-order valence-corrected chi connectivity index (χ1v) is 8.40. The number of ether oxygens (including phenoxy) is 1. The Balaban J connectivity index is 2.06. The number of esters is 1. The Morgan fingerprint density at radius 2 is 1.73 bits per heavy atom. The summed E-state index contributed by atoms with van der Waals surface area (Å²) in [4.78, 5) is 26.2. The maximum atomic E-state index is 12.5. The highest BCUT2D eigenvalue weighted by molar-refractivity contribution is 5.97. The first-order valence-electron chi connectivity index (χ1n) is 8.40. The zero-order chi connectivity index (χ0) is 19.1. The maximum Gasteiger partial charge on any atom is 0.338 e. The number of carbonyl (C=O) groups excluding carboxylic acids is 2. The summed E-state index contributed by atoms with van der Waals surface area (Å²) in [5, 5.41) is 8.83. The molecule has 2 aromatic rings. The molecule has 26 heavy (non-hydrogen) atoms. The number of aryl methyl sites for hydroxylation is 3. The van der Waals surface area contributed by atoms with E-state index in [9.17, 15) is 9.59 Å². The number of hydrogen-bond acceptors (Lipinski definition) is 4. The van der Waals surface area contributed by atoms with E-state index < -0.39 is 5.97 Å². The average molecular weight is 350 g/mol. The molecule has 5 nitrogen and oxygen atoms in total. The van der Waals surface area contributed by atoms with Gasteiger partial charge in [-0.15, -0.1) is 0 Å². The molecule has 0 spiro atoms. The highest BCUT2D eigenvalue weighted by Gasteiger charge is 2.18. The lowest BCUT2D eigenvalue weighted by Crippen LogP contribution is -2.35. The number of hydrogen-bond donors (Lipinski definition) is 0. The molecule has 1 amide bonds. The largest absolute Gasteiger partial charge is 0.452 e. The normalized spacial score (nSPS) is 10.1. The van der Waals surface area contributed by atoms with Crippen molar-refractivity contribution in [3.8, 4) is 6.07 Å². The molecule has 0 heterocycles. The van der Waals surface area contributed by atoms with Crippen LogP contribution in [-0.4, -0.2) is 25.0 Å². The second-order valence-corrected chi connectivity index (χ2v) is 6.16. The van der Waals surface area contributed by atoms with Crippen LogP contribution < -0.4 is 4.90 Å². The molecular formula is C21H22N2O3. The van der Waals surface area contributed by atoms with Gasteiger partial charge in [-0.25, -0.2) is 4.79 Å². The van der Waals surface area contributed by atoms with Gasteiger partial charge in [-0.2, -0.15) is 5.26 Å². The van der Waals surface area contributed by atoms with Gasteiger partial charge in [0.25, 0.3) is 5.91 Å². The second kappa shape index (κ2) is 8.82. The van der Waals surface area contributed by atoms with Crippen molar-refractivity contribution in [3.63, 3.8) is 0 Å². The van der Waals surface area contributed by atoms with Crippen LogP contribution in [0.2, 0.25) is 0 Å². The van der Waals surface area contributed by atoms with E-state index in [-0.39, 0.29) is 25.5 Å². The van der Waals surface area contributed by atoms with Gasteiger partial charge in [-0.05, 0) is 56.2 Å². The number of nitriles is 1. The highest BCUT2D eigenvalue weighted by atomic mass is 16.5. The van der Waals surface area contributed by atoms with E-state index in [1.54, 1.807) is 12.1 Å². The molecule has 0 aromatic heterocycles. The highest BCUT2D eigenvalue weighted by Crippen LogP contribution is 2.16. The van der Waals surface area contributed by atoms with Crippen molar-refractivity contribution >= 4 is 17.6 Å². The summed E-state index contributed by atoms with van der Waals surface area (Å²) < 4.78 is 5.18. The van der Waals surface area contributed by atoms with Crippen LogP contribution in [0, 0.1) is 32.1 Å². The first kappa shape index (κ1) is 19.2. The Morgan fingerprint density at radius 1 is 1.04 bits per heavy atom. The zero-order valence-corrected chi connectivity index (χ0v) is 15.3. The Kier molecular flexibility index (Phi) is 6.51. The molecule has 2 aromatic carbocycles. The van der Waals surface area contributed by atoms with E-state index in [0.29, 0.717) is 11.3 Å². The van der Waals surface area contributed by atoms with E-state index in [1.165, 1.54) is 4.90 Å². The second-order valence-electron chi connectivity index (χ2n) is 6.16. The molecule has 5 heteroatoms. The fourth-order valence-electron chi connectivity index (χ4n) is 2.44. The summed E-state index contributed by atoms with van der Waals surface area (Å²) in [7, 11) is 0. The molecule has 0 saturated heterocycles. The molecule has 0 aliphatic carbocycles. The summed E-state index contributed by atoms with van der Waals surface area (Å²) in [5.41, 5.74) is 4.24. The molecule has 134 valence electrons. The number of benzene rings is 2. The van der Waals surface area contributed by atoms with Gasteiger partial charge in [0, 0.05) is 12.2 Å². The fourth-order valence-corrected chi connectivity index (χ4v) is 2.44. The Morgan fingerprint density at radius 3 is 2.35 bits per heavy atom. The standard InChI is InChI=1S/C21H22N2O3/c1-15-5-9-19(10-6-15)23(12-4-11-22)20(24)14-26-21(25)18-8-7-16(2)17(3)13-18/h5-10,13H,4,12,14H2,1-3H3. The minimum atomic E-state index is -0.536. The smallest absolute Gasteiger partial charge is 0.338 e. The molecule has 0 radical (unpaired) electrons. The molecule has 2 rings (SSSR count). The van der Waals surface area contributed by atoms with Gasteiger partial charge in [-0.3, -0.25) is 4.79 Å². The monoisotopic (exact) mass is 350 g/mol. The zero-order valence-electron chi connectivity index (χ0n) is 15.3. The van der Waals surface area contributed by atoms with Crippen LogP contribution in [0.25, 0.3) is 0 Å². The summed E-state index contributed by atoms with van der Waals surface area (Å²) >= 11 is 0.